The molecule has 1 amide bonds. The van der Waals surface area contributed by atoms with E-state index in [4.69, 9.17) is 9.47 Å². The molecule has 0 unspecified atom stereocenters. The van der Waals surface area contributed by atoms with Gasteiger partial charge in [-0.15, -0.1) is 0 Å². The van der Waals surface area contributed by atoms with Crippen molar-refractivity contribution in [3.63, 3.8) is 0 Å². The fourth-order valence-corrected chi connectivity index (χ4v) is 3.74. The number of hydrogen-bond acceptors (Lipinski definition) is 4. The van der Waals surface area contributed by atoms with Crippen LogP contribution in [0.25, 0.3) is 0 Å². The van der Waals surface area contributed by atoms with Crippen molar-refractivity contribution in [2.45, 2.75) is 51.0 Å². The van der Waals surface area contributed by atoms with Crippen LogP contribution in [0.1, 0.15) is 30.4 Å². The number of ether oxygens (including phenoxy) is 2. The van der Waals surface area contributed by atoms with Crippen molar-refractivity contribution in [2.75, 3.05) is 33.9 Å². The van der Waals surface area contributed by atoms with Gasteiger partial charge in [-0.2, -0.15) is 0 Å². The number of rotatable bonds is 6. The van der Waals surface area contributed by atoms with Crippen molar-refractivity contribution in [2.24, 2.45) is 0 Å². The van der Waals surface area contributed by atoms with Crippen LogP contribution in [0.5, 0.6) is 0 Å². The van der Waals surface area contributed by atoms with Crippen LogP contribution in [-0.2, 0) is 20.8 Å². The summed E-state index contributed by atoms with van der Waals surface area (Å²) in [6.45, 7) is 4.87. The van der Waals surface area contributed by atoms with Gasteiger partial charge in [0.15, 0.2) is 0 Å². The van der Waals surface area contributed by atoms with Crippen LogP contribution >= 0.6 is 0 Å². The molecule has 1 aromatic rings. The summed E-state index contributed by atoms with van der Waals surface area (Å²) in [5, 5.41) is 0. The third-order valence-corrected chi connectivity index (χ3v) is 5.29. The Labute approximate surface area is 150 Å². The number of likely N-dealkylation sites (N-methyl/N-ethyl adjacent to an activating group) is 1. The second-order valence-corrected chi connectivity index (χ2v) is 7.49. The van der Waals surface area contributed by atoms with Gasteiger partial charge >= 0.3 is 0 Å². The predicted octanol–water partition coefficient (Wildman–Crippen LogP) is 2.22. The Morgan fingerprint density at radius 1 is 1.24 bits per heavy atom. The highest BCUT2D eigenvalue weighted by Crippen LogP contribution is 2.32. The van der Waals surface area contributed by atoms with Crippen molar-refractivity contribution in [3.8, 4) is 0 Å². The van der Waals surface area contributed by atoms with E-state index in [2.05, 4.69) is 36.1 Å². The highest BCUT2D eigenvalue weighted by molar-refractivity contribution is 5.76. The molecule has 2 fully saturated rings. The molecule has 1 aromatic carbocycles. The maximum absolute atomic E-state index is 11.6. The topological polar surface area (TPSA) is 42.0 Å². The number of fused-ring (bicyclic) bond motifs is 1. The Bertz CT molecular complexity index is 573. The van der Waals surface area contributed by atoms with Crippen LogP contribution in [0.3, 0.4) is 0 Å². The SMILES string of the molecule is Cc1ccc(CN2CC[C@@H]3O[C@H](COCC(=O)N(C)C)CC[C@@H]32)cc1. The molecule has 3 rings (SSSR count). The molecule has 0 spiro atoms. The molecular weight excluding hydrogens is 316 g/mol. The number of carbonyl (C=O) groups excluding carboxylic acids is 1. The second-order valence-electron chi connectivity index (χ2n) is 7.49. The monoisotopic (exact) mass is 346 g/mol. The molecule has 3 atom stereocenters. The summed E-state index contributed by atoms with van der Waals surface area (Å²) in [6.07, 6.45) is 3.66. The molecule has 2 saturated heterocycles. The zero-order valence-electron chi connectivity index (χ0n) is 15.6. The van der Waals surface area contributed by atoms with E-state index in [1.165, 1.54) is 11.1 Å². The van der Waals surface area contributed by atoms with E-state index in [9.17, 15) is 4.79 Å². The number of nitrogens with zero attached hydrogens (tertiary/aromatic N) is 2. The molecule has 0 radical (unpaired) electrons. The number of amides is 1. The van der Waals surface area contributed by atoms with Crippen LogP contribution in [0, 0.1) is 6.92 Å². The van der Waals surface area contributed by atoms with Crippen molar-refractivity contribution >= 4 is 5.91 Å². The van der Waals surface area contributed by atoms with Gasteiger partial charge in [0, 0.05) is 33.2 Å². The van der Waals surface area contributed by atoms with E-state index < -0.39 is 0 Å². The lowest BCUT2D eigenvalue weighted by Crippen LogP contribution is -2.43. The maximum Gasteiger partial charge on any atom is 0.248 e. The average molecular weight is 346 g/mol. The maximum atomic E-state index is 11.6. The van der Waals surface area contributed by atoms with Crippen LogP contribution in [0.2, 0.25) is 0 Å². The first-order valence-electron chi connectivity index (χ1n) is 9.26. The van der Waals surface area contributed by atoms with E-state index in [1.54, 1.807) is 19.0 Å². The predicted molar refractivity (Wildman–Crippen MR) is 97.4 cm³/mol. The minimum Gasteiger partial charge on any atom is -0.371 e. The van der Waals surface area contributed by atoms with E-state index in [1.807, 2.05) is 0 Å². The first-order valence-corrected chi connectivity index (χ1v) is 9.26. The van der Waals surface area contributed by atoms with Gasteiger partial charge in [0.2, 0.25) is 5.91 Å². The van der Waals surface area contributed by atoms with Crippen LogP contribution in [-0.4, -0.2) is 67.8 Å². The van der Waals surface area contributed by atoms with Gasteiger partial charge in [0.05, 0.1) is 18.8 Å². The largest absolute Gasteiger partial charge is 0.371 e. The fraction of sp³-hybridized carbons (Fsp3) is 0.650. The molecule has 0 N–H and O–H groups in total. The van der Waals surface area contributed by atoms with Gasteiger partial charge in [0.25, 0.3) is 0 Å². The van der Waals surface area contributed by atoms with Crippen molar-refractivity contribution in [1.82, 2.24) is 9.80 Å². The molecule has 2 aliphatic heterocycles. The van der Waals surface area contributed by atoms with Gasteiger partial charge in [-0.3, -0.25) is 9.69 Å². The summed E-state index contributed by atoms with van der Waals surface area (Å²) < 4.78 is 11.8. The molecule has 5 nitrogen and oxygen atoms in total. The average Bonchev–Trinajstić information content (AvgIpc) is 2.99. The normalized spacial score (nSPS) is 26.4. The number of benzene rings is 1. The molecule has 0 aromatic heterocycles. The first kappa shape index (κ1) is 18.4. The highest BCUT2D eigenvalue weighted by Gasteiger charge is 2.39. The Hall–Kier alpha value is -1.43. The Balaban J connectivity index is 1.45. The zero-order valence-corrected chi connectivity index (χ0v) is 15.6. The molecule has 0 aliphatic carbocycles. The lowest BCUT2D eigenvalue weighted by Gasteiger charge is -2.36. The Morgan fingerprint density at radius 3 is 2.72 bits per heavy atom. The van der Waals surface area contributed by atoms with E-state index in [-0.39, 0.29) is 18.6 Å². The van der Waals surface area contributed by atoms with Crippen LogP contribution in [0.4, 0.5) is 0 Å². The van der Waals surface area contributed by atoms with E-state index >= 15 is 0 Å². The van der Waals surface area contributed by atoms with Crippen LogP contribution < -0.4 is 0 Å². The number of aryl methyl sites for hydroxylation is 1. The second kappa shape index (κ2) is 8.30. The third-order valence-electron chi connectivity index (χ3n) is 5.29. The number of likely N-dealkylation sites (tertiary alicyclic amines) is 1. The lowest BCUT2D eigenvalue weighted by molar-refractivity contribution is -0.138. The first-order chi connectivity index (χ1) is 12.0. The summed E-state index contributed by atoms with van der Waals surface area (Å²) in [5.41, 5.74) is 2.68. The van der Waals surface area contributed by atoms with Gasteiger partial charge in [-0.25, -0.2) is 0 Å². The van der Waals surface area contributed by atoms with Gasteiger partial charge in [0.1, 0.15) is 6.61 Å². The molecular formula is C20H30N2O3. The minimum absolute atomic E-state index is 0.00109. The van der Waals surface area contributed by atoms with Gasteiger partial charge in [-0.05, 0) is 31.7 Å². The molecule has 25 heavy (non-hydrogen) atoms. The minimum atomic E-state index is -0.00109. The summed E-state index contributed by atoms with van der Waals surface area (Å²) in [5.74, 6) is -0.00109. The summed E-state index contributed by atoms with van der Waals surface area (Å²) in [4.78, 5) is 15.7. The zero-order chi connectivity index (χ0) is 17.8. The molecule has 5 heteroatoms. The van der Waals surface area contributed by atoms with Gasteiger partial charge in [-0.1, -0.05) is 29.8 Å². The third kappa shape index (κ3) is 4.81. The highest BCUT2D eigenvalue weighted by atomic mass is 16.5. The van der Waals surface area contributed by atoms with Gasteiger partial charge < -0.3 is 14.4 Å². The summed E-state index contributed by atoms with van der Waals surface area (Å²) >= 11 is 0. The molecule has 2 heterocycles. The molecule has 0 saturated carbocycles. The fourth-order valence-electron chi connectivity index (χ4n) is 3.74. The smallest absolute Gasteiger partial charge is 0.248 e. The van der Waals surface area contributed by atoms with E-state index in [0.717, 1.165) is 32.4 Å². The standard InChI is InChI=1S/C20H30N2O3/c1-15-4-6-16(7-5-15)12-22-11-10-19-18(22)9-8-17(25-19)13-24-14-20(23)21(2)3/h4-7,17-19H,8-14H2,1-3H3/t17-,18-,19-/m0/s1. The summed E-state index contributed by atoms with van der Waals surface area (Å²) in [6, 6.07) is 9.34. The number of carbonyl (C=O) groups is 1. The quantitative estimate of drug-likeness (QED) is 0.792. The lowest BCUT2D eigenvalue weighted by atomic mass is 9.99. The number of hydrogen-bond donors (Lipinski definition) is 0. The Morgan fingerprint density at radius 2 is 2.00 bits per heavy atom. The molecule has 138 valence electrons. The van der Waals surface area contributed by atoms with Crippen molar-refractivity contribution < 1.29 is 14.3 Å². The van der Waals surface area contributed by atoms with Crippen molar-refractivity contribution in [3.05, 3.63) is 35.4 Å². The molecule has 0 bridgehead atoms. The van der Waals surface area contributed by atoms with Crippen LogP contribution in [0.15, 0.2) is 24.3 Å². The van der Waals surface area contributed by atoms with E-state index in [0.29, 0.717) is 18.8 Å². The Kier molecular flexibility index (Phi) is 6.10. The van der Waals surface area contributed by atoms with Crippen molar-refractivity contribution in [1.29, 1.82) is 0 Å². The summed E-state index contributed by atoms with van der Waals surface area (Å²) in [7, 11) is 3.49. The molecule has 2 aliphatic rings.